The first kappa shape index (κ1) is 9.99. The highest BCUT2D eigenvalue weighted by molar-refractivity contribution is 5.83. The van der Waals surface area contributed by atoms with Crippen molar-refractivity contribution in [3.05, 3.63) is 42.5 Å². The second-order valence-corrected chi connectivity index (χ2v) is 3.28. The zero-order chi connectivity index (χ0) is 10.5. The Labute approximate surface area is 89.4 Å². The average Bonchev–Trinajstić information content (AvgIpc) is 2.29. The maximum atomic E-state index is 5.52. The van der Waals surface area contributed by atoms with E-state index in [1.54, 1.807) is 7.11 Å². The summed E-state index contributed by atoms with van der Waals surface area (Å²) >= 11 is 0. The summed E-state index contributed by atoms with van der Waals surface area (Å²) < 4.78 is 10.4. The van der Waals surface area contributed by atoms with Crippen molar-refractivity contribution in [2.45, 2.75) is 0 Å². The molecule has 0 unspecified atom stereocenters. The Kier molecular flexibility index (Phi) is 3.20. The summed E-state index contributed by atoms with van der Waals surface area (Å²) in [6.07, 6.45) is 0. The predicted octanol–water partition coefficient (Wildman–Crippen LogP) is 2.67. The summed E-state index contributed by atoms with van der Waals surface area (Å²) in [5.41, 5.74) is 0. The molecule has 2 nitrogen and oxygen atoms in total. The Bertz CT molecular complexity index is 437. The number of methoxy groups -OCH3 is 1. The molecule has 15 heavy (non-hydrogen) atoms. The topological polar surface area (TPSA) is 18.5 Å². The first-order valence-electron chi connectivity index (χ1n) is 4.92. The normalized spacial score (nSPS) is 10.5. The molecule has 0 saturated carbocycles. The fourth-order valence-corrected chi connectivity index (χ4v) is 1.44. The highest BCUT2D eigenvalue weighted by Crippen LogP contribution is 2.20. The Hall–Kier alpha value is -1.54. The zero-order valence-electron chi connectivity index (χ0n) is 8.69. The van der Waals surface area contributed by atoms with Gasteiger partial charge in [0.25, 0.3) is 0 Å². The Balaban J connectivity index is 2.16. The number of ether oxygens (including phenoxy) is 2. The standard InChI is InChI=1S/C13H13O2/c1-14-8-9-15-13-7-6-11-4-2-3-5-12(11)10-13/h3-7,10H,8-9H2,1H3. The van der Waals surface area contributed by atoms with Crippen LogP contribution < -0.4 is 4.74 Å². The quantitative estimate of drug-likeness (QED) is 0.708. The molecule has 0 fully saturated rings. The van der Waals surface area contributed by atoms with Gasteiger partial charge in [-0.3, -0.25) is 0 Å². The van der Waals surface area contributed by atoms with Crippen molar-refractivity contribution in [3.8, 4) is 5.75 Å². The zero-order valence-corrected chi connectivity index (χ0v) is 8.69. The van der Waals surface area contributed by atoms with Gasteiger partial charge in [0.15, 0.2) is 0 Å². The summed E-state index contributed by atoms with van der Waals surface area (Å²) in [5, 5.41) is 2.35. The van der Waals surface area contributed by atoms with Gasteiger partial charge in [-0.2, -0.15) is 0 Å². The van der Waals surface area contributed by atoms with Crippen LogP contribution in [0.4, 0.5) is 0 Å². The van der Waals surface area contributed by atoms with Crippen molar-refractivity contribution in [2.75, 3.05) is 20.3 Å². The van der Waals surface area contributed by atoms with Crippen LogP contribution in [0.25, 0.3) is 10.8 Å². The summed E-state index contributed by atoms with van der Waals surface area (Å²) in [6, 6.07) is 15.0. The predicted molar refractivity (Wildman–Crippen MR) is 60.2 cm³/mol. The number of rotatable bonds is 4. The number of hydrogen-bond acceptors (Lipinski definition) is 2. The summed E-state index contributed by atoms with van der Waals surface area (Å²) in [7, 11) is 1.67. The first-order chi connectivity index (χ1) is 7.40. The minimum Gasteiger partial charge on any atom is -0.491 e. The van der Waals surface area contributed by atoms with E-state index in [-0.39, 0.29) is 0 Å². The van der Waals surface area contributed by atoms with E-state index < -0.39 is 0 Å². The molecule has 2 aromatic carbocycles. The molecule has 0 aliphatic rings. The van der Waals surface area contributed by atoms with E-state index in [0.29, 0.717) is 13.2 Å². The minimum atomic E-state index is 0.584. The van der Waals surface area contributed by atoms with Crippen molar-refractivity contribution in [2.24, 2.45) is 0 Å². The van der Waals surface area contributed by atoms with Gasteiger partial charge in [-0.25, -0.2) is 0 Å². The van der Waals surface area contributed by atoms with E-state index >= 15 is 0 Å². The fraction of sp³-hybridized carbons (Fsp3) is 0.231. The molecule has 77 valence electrons. The molecule has 2 aromatic rings. The summed E-state index contributed by atoms with van der Waals surface area (Å²) in [6.45, 7) is 1.20. The van der Waals surface area contributed by atoms with Gasteiger partial charge in [0, 0.05) is 7.11 Å². The second-order valence-electron chi connectivity index (χ2n) is 3.28. The monoisotopic (exact) mass is 201 g/mol. The summed E-state index contributed by atoms with van der Waals surface area (Å²) in [4.78, 5) is 0. The highest BCUT2D eigenvalue weighted by atomic mass is 16.5. The molecular formula is C13H13O2. The van der Waals surface area contributed by atoms with E-state index in [2.05, 4.69) is 6.07 Å². The van der Waals surface area contributed by atoms with Crippen molar-refractivity contribution >= 4 is 10.8 Å². The van der Waals surface area contributed by atoms with E-state index in [1.165, 1.54) is 10.8 Å². The van der Waals surface area contributed by atoms with Crippen LogP contribution in [0.3, 0.4) is 0 Å². The number of hydrogen-bond donors (Lipinski definition) is 0. The van der Waals surface area contributed by atoms with E-state index in [1.807, 2.05) is 36.4 Å². The molecule has 0 spiro atoms. The van der Waals surface area contributed by atoms with Crippen LogP contribution in [-0.4, -0.2) is 20.3 Å². The maximum absolute atomic E-state index is 5.52. The molecular weight excluding hydrogens is 188 g/mol. The lowest BCUT2D eigenvalue weighted by Crippen LogP contribution is -2.03. The van der Waals surface area contributed by atoms with Gasteiger partial charge in [0.2, 0.25) is 0 Å². The molecule has 2 rings (SSSR count). The number of benzene rings is 2. The molecule has 0 bridgehead atoms. The summed E-state index contributed by atoms with van der Waals surface area (Å²) in [5.74, 6) is 0.880. The van der Waals surface area contributed by atoms with Gasteiger partial charge in [0.1, 0.15) is 12.4 Å². The van der Waals surface area contributed by atoms with Crippen molar-refractivity contribution in [1.29, 1.82) is 0 Å². The third-order valence-corrected chi connectivity index (χ3v) is 2.21. The van der Waals surface area contributed by atoms with Gasteiger partial charge in [-0.05, 0) is 35.0 Å². The van der Waals surface area contributed by atoms with Crippen molar-refractivity contribution < 1.29 is 9.47 Å². The van der Waals surface area contributed by atoms with Crippen LogP contribution in [0.15, 0.2) is 36.4 Å². The third-order valence-electron chi connectivity index (χ3n) is 2.21. The molecule has 0 aliphatic carbocycles. The molecule has 0 saturated heterocycles. The highest BCUT2D eigenvalue weighted by Gasteiger charge is 1.96. The molecule has 0 heterocycles. The van der Waals surface area contributed by atoms with Crippen molar-refractivity contribution in [3.63, 3.8) is 0 Å². The average molecular weight is 201 g/mol. The van der Waals surface area contributed by atoms with Crippen molar-refractivity contribution in [1.82, 2.24) is 0 Å². The molecule has 0 N–H and O–H groups in total. The van der Waals surface area contributed by atoms with Crippen LogP contribution in [0.5, 0.6) is 5.75 Å². The van der Waals surface area contributed by atoms with Gasteiger partial charge >= 0.3 is 0 Å². The van der Waals surface area contributed by atoms with Gasteiger partial charge in [0.05, 0.1) is 6.61 Å². The fourth-order valence-electron chi connectivity index (χ4n) is 1.44. The van der Waals surface area contributed by atoms with Crippen LogP contribution >= 0.6 is 0 Å². The Morgan fingerprint density at radius 3 is 2.93 bits per heavy atom. The number of fused-ring (bicyclic) bond motifs is 1. The van der Waals surface area contributed by atoms with Crippen LogP contribution in [0.1, 0.15) is 0 Å². The largest absolute Gasteiger partial charge is 0.491 e. The van der Waals surface area contributed by atoms with Crippen LogP contribution in [-0.2, 0) is 4.74 Å². The lowest BCUT2D eigenvalue weighted by Gasteiger charge is -2.06. The lowest BCUT2D eigenvalue weighted by atomic mass is 10.1. The molecule has 0 amide bonds. The maximum Gasteiger partial charge on any atom is 0.120 e. The minimum absolute atomic E-state index is 0.584. The molecule has 2 heteroatoms. The molecule has 0 aliphatic heterocycles. The Morgan fingerprint density at radius 2 is 2.07 bits per heavy atom. The molecule has 0 aromatic heterocycles. The molecule has 1 radical (unpaired) electrons. The molecule has 0 atom stereocenters. The van der Waals surface area contributed by atoms with Gasteiger partial charge in [-0.15, -0.1) is 0 Å². The van der Waals surface area contributed by atoms with Gasteiger partial charge in [-0.1, -0.05) is 18.2 Å². The second kappa shape index (κ2) is 4.80. The Morgan fingerprint density at radius 1 is 1.13 bits per heavy atom. The lowest BCUT2D eigenvalue weighted by molar-refractivity contribution is 0.146. The van der Waals surface area contributed by atoms with Gasteiger partial charge < -0.3 is 9.47 Å². The van der Waals surface area contributed by atoms with E-state index in [0.717, 1.165) is 5.75 Å². The first-order valence-corrected chi connectivity index (χ1v) is 4.92. The smallest absolute Gasteiger partial charge is 0.120 e. The SMILES string of the molecule is COCCOc1ccc2c[c]ccc2c1. The van der Waals surface area contributed by atoms with E-state index in [9.17, 15) is 0 Å². The van der Waals surface area contributed by atoms with Crippen LogP contribution in [0.2, 0.25) is 0 Å². The van der Waals surface area contributed by atoms with E-state index in [4.69, 9.17) is 9.47 Å². The van der Waals surface area contributed by atoms with Crippen LogP contribution in [0, 0.1) is 6.07 Å². The third kappa shape index (κ3) is 2.48.